The van der Waals surface area contributed by atoms with Crippen LogP contribution in [0.4, 0.5) is 26.3 Å². The number of hydrogen-bond acceptors (Lipinski definition) is 7. The van der Waals surface area contributed by atoms with Crippen molar-refractivity contribution in [3.05, 3.63) is 23.8 Å². The molecule has 2 fully saturated rings. The molecule has 4 rings (SSSR count). The Bertz CT molecular complexity index is 907. The van der Waals surface area contributed by atoms with E-state index in [0.29, 0.717) is 12.8 Å². The van der Waals surface area contributed by atoms with Crippen molar-refractivity contribution in [2.24, 2.45) is 0 Å². The summed E-state index contributed by atoms with van der Waals surface area (Å²) in [4.78, 5) is 22.6. The number of likely N-dealkylation sites (tertiary alicyclic amines) is 1. The van der Waals surface area contributed by atoms with Crippen LogP contribution in [0.1, 0.15) is 24.8 Å². The average Bonchev–Trinajstić information content (AvgIpc) is 3.42. The maximum absolute atomic E-state index is 10.6. The second-order valence-corrected chi connectivity index (χ2v) is 8.89. The highest BCUT2D eigenvalue weighted by Crippen LogP contribution is 2.38. The highest BCUT2D eigenvalue weighted by molar-refractivity contribution is 5.73. The Hall–Kier alpha value is -2.78. The number of rotatable bonds is 3. The van der Waals surface area contributed by atoms with Gasteiger partial charge in [0.2, 0.25) is 6.79 Å². The van der Waals surface area contributed by atoms with Crippen molar-refractivity contribution in [2.75, 3.05) is 40.6 Å². The number of fused-ring (bicyclic) bond motifs is 1. The Morgan fingerprint density at radius 3 is 1.97 bits per heavy atom. The smallest absolute Gasteiger partial charge is 0.475 e. The fourth-order valence-corrected chi connectivity index (χ4v) is 3.92. The first-order valence-electron chi connectivity index (χ1n) is 11.0. The molecule has 1 atom stereocenters. The van der Waals surface area contributed by atoms with Gasteiger partial charge in [0, 0.05) is 25.7 Å². The third-order valence-corrected chi connectivity index (χ3v) is 6.02. The van der Waals surface area contributed by atoms with Gasteiger partial charge in [-0.05, 0) is 51.1 Å². The summed E-state index contributed by atoms with van der Waals surface area (Å²) in [6.45, 7) is 4.41. The number of benzene rings is 1. The lowest BCUT2D eigenvalue weighted by Crippen LogP contribution is -2.44. The van der Waals surface area contributed by atoms with Crippen LogP contribution in [0.15, 0.2) is 18.2 Å². The second-order valence-electron chi connectivity index (χ2n) is 8.89. The number of nitrogens with zero attached hydrogens (tertiary/aromatic N) is 2. The first-order chi connectivity index (χ1) is 17.0. The molecule has 0 saturated carbocycles. The fourth-order valence-electron chi connectivity index (χ4n) is 3.92. The van der Waals surface area contributed by atoms with Crippen LogP contribution in [-0.4, -0.2) is 96.5 Å². The largest absolute Gasteiger partial charge is 0.490 e. The maximum Gasteiger partial charge on any atom is 0.490 e. The predicted molar refractivity (Wildman–Crippen MR) is 115 cm³/mol. The van der Waals surface area contributed by atoms with Gasteiger partial charge in [-0.3, -0.25) is 4.90 Å². The van der Waals surface area contributed by atoms with Gasteiger partial charge < -0.3 is 29.3 Å². The number of halogens is 6. The van der Waals surface area contributed by atoms with E-state index in [9.17, 15) is 26.3 Å². The molecule has 15 heteroatoms. The number of aliphatic carboxylic acids is 2. The van der Waals surface area contributed by atoms with Gasteiger partial charge in [0.15, 0.2) is 11.5 Å². The normalized spacial score (nSPS) is 20.6. The molecule has 0 aromatic heterocycles. The lowest BCUT2D eigenvalue weighted by atomic mass is 9.87. The van der Waals surface area contributed by atoms with Crippen molar-refractivity contribution in [2.45, 2.75) is 49.8 Å². The number of carboxylic acids is 2. The van der Waals surface area contributed by atoms with Crippen LogP contribution >= 0.6 is 0 Å². The van der Waals surface area contributed by atoms with Gasteiger partial charge in [0.05, 0.1) is 12.2 Å². The molecule has 2 N–H and O–H groups in total. The van der Waals surface area contributed by atoms with Crippen LogP contribution in [0.5, 0.6) is 11.5 Å². The SMILES string of the molecule is CN(C)C1COC2(CCN(Cc3ccc4c(c3)OCO4)CC2)C1.O=C(O)C(F)(F)F.O=C(O)C(F)(F)F. The third kappa shape index (κ3) is 9.23. The van der Waals surface area contributed by atoms with Crippen molar-refractivity contribution in [1.82, 2.24) is 9.80 Å². The second kappa shape index (κ2) is 12.2. The molecule has 1 aromatic carbocycles. The Morgan fingerprint density at radius 1 is 1.00 bits per heavy atom. The number of piperidine rings is 1. The van der Waals surface area contributed by atoms with Crippen LogP contribution in [-0.2, 0) is 20.9 Å². The van der Waals surface area contributed by atoms with Crippen molar-refractivity contribution in [3.63, 3.8) is 0 Å². The highest BCUT2D eigenvalue weighted by atomic mass is 19.4. The number of carbonyl (C=O) groups is 2. The number of alkyl halides is 6. The van der Waals surface area contributed by atoms with Gasteiger partial charge >= 0.3 is 24.3 Å². The predicted octanol–water partition coefficient (Wildman–Crippen LogP) is 3.37. The van der Waals surface area contributed by atoms with E-state index in [-0.39, 0.29) is 5.60 Å². The molecule has 3 heterocycles. The van der Waals surface area contributed by atoms with E-state index >= 15 is 0 Å². The topological polar surface area (TPSA) is 109 Å². The van der Waals surface area contributed by atoms with Crippen molar-refractivity contribution >= 4 is 11.9 Å². The maximum atomic E-state index is 10.6. The van der Waals surface area contributed by atoms with E-state index in [1.807, 2.05) is 6.07 Å². The lowest BCUT2D eigenvalue weighted by molar-refractivity contribution is -0.193. The number of hydrogen-bond donors (Lipinski definition) is 2. The summed E-state index contributed by atoms with van der Waals surface area (Å²) >= 11 is 0. The van der Waals surface area contributed by atoms with Crippen LogP contribution in [0.3, 0.4) is 0 Å². The number of likely N-dealkylation sites (N-methyl/N-ethyl adjacent to an activating group) is 1. The zero-order valence-electron chi connectivity index (χ0n) is 20.1. The zero-order valence-corrected chi connectivity index (χ0v) is 20.1. The van der Waals surface area contributed by atoms with Crippen molar-refractivity contribution in [3.8, 4) is 11.5 Å². The molecule has 0 bridgehead atoms. The molecule has 210 valence electrons. The third-order valence-electron chi connectivity index (χ3n) is 6.02. The van der Waals surface area contributed by atoms with Crippen LogP contribution in [0.25, 0.3) is 0 Å². The molecule has 1 spiro atoms. The van der Waals surface area contributed by atoms with E-state index in [2.05, 4.69) is 36.0 Å². The molecule has 0 radical (unpaired) electrons. The summed E-state index contributed by atoms with van der Waals surface area (Å²) < 4.78 is 80.5. The Labute approximate surface area is 208 Å². The van der Waals surface area contributed by atoms with Gasteiger partial charge in [0.1, 0.15) is 0 Å². The van der Waals surface area contributed by atoms with E-state index in [1.54, 1.807) is 0 Å². The zero-order chi connectivity index (χ0) is 28.0. The molecular formula is C22H28F6N2O7. The van der Waals surface area contributed by atoms with E-state index in [1.165, 1.54) is 12.0 Å². The molecule has 2 saturated heterocycles. The van der Waals surface area contributed by atoms with E-state index in [4.69, 9.17) is 34.0 Å². The van der Waals surface area contributed by atoms with Gasteiger partial charge in [-0.1, -0.05) is 6.07 Å². The summed E-state index contributed by atoms with van der Waals surface area (Å²) in [6.07, 6.45) is -6.71. The first-order valence-corrected chi connectivity index (χ1v) is 11.0. The molecular weight excluding hydrogens is 518 g/mol. The van der Waals surface area contributed by atoms with Gasteiger partial charge in [-0.15, -0.1) is 0 Å². The molecule has 1 unspecified atom stereocenters. The fraction of sp³-hybridized carbons (Fsp3) is 0.636. The quantitative estimate of drug-likeness (QED) is 0.552. The summed E-state index contributed by atoms with van der Waals surface area (Å²) in [5.74, 6) is -3.77. The van der Waals surface area contributed by atoms with Gasteiger partial charge in [-0.25, -0.2) is 9.59 Å². The Morgan fingerprint density at radius 2 is 1.51 bits per heavy atom. The lowest BCUT2D eigenvalue weighted by Gasteiger charge is -2.39. The van der Waals surface area contributed by atoms with E-state index in [0.717, 1.165) is 50.6 Å². The molecule has 37 heavy (non-hydrogen) atoms. The minimum Gasteiger partial charge on any atom is -0.475 e. The number of carboxylic acid groups (broad SMARTS) is 2. The summed E-state index contributed by atoms with van der Waals surface area (Å²) in [6, 6.07) is 6.85. The standard InChI is InChI=1S/C18H26N2O3.2C2HF3O2/c1-19(2)15-10-18(23-12-15)5-7-20(8-6-18)11-14-3-4-16-17(9-14)22-13-21-16;2*3-2(4,5)1(6)7/h3-4,9,15H,5-8,10-13H2,1-2H3;2*(H,6,7). The highest BCUT2D eigenvalue weighted by Gasteiger charge is 2.43. The van der Waals surface area contributed by atoms with Crippen molar-refractivity contribution in [1.29, 1.82) is 0 Å². The Balaban J connectivity index is 0.000000286. The molecule has 3 aliphatic heterocycles. The monoisotopic (exact) mass is 546 g/mol. The van der Waals surface area contributed by atoms with Crippen LogP contribution in [0.2, 0.25) is 0 Å². The summed E-state index contributed by atoms with van der Waals surface area (Å²) in [7, 11) is 4.31. The summed E-state index contributed by atoms with van der Waals surface area (Å²) in [5, 5.41) is 14.2. The van der Waals surface area contributed by atoms with Gasteiger partial charge in [-0.2, -0.15) is 26.3 Å². The summed E-state index contributed by atoms with van der Waals surface area (Å²) in [5.41, 5.74) is 1.42. The van der Waals surface area contributed by atoms with Gasteiger partial charge in [0.25, 0.3) is 0 Å². The van der Waals surface area contributed by atoms with Crippen LogP contribution in [0, 0.1) is 0 Å². The first kappa shape index (κ1) is 30.4. The molecule has 1 aromatic rings. The number of ether oxygens (including phenoxy) is 3. The average molecular weight is 546 g/mol. The molecule has 0 amide bonds. The Kier molecular flexibility index (Phi) is 10.0. The molecule has 3 aliphatic rings. The van der Waals surface area contributed by atoms with Crippen molar-refractivity contribution < 1.29 is 60.4 Å². The van der Waals surface area contributed by atoms with E-state index < -0.39 is 24.3 Å². The minimum atomic E-state index is -5.08. The van der Waals surface area contributed by atoms with Crippen LogP contribution < -0.4 is 9.47 Å². The molecule has 0 aliphatic carbocycles. The molecule has 9 nitrogen and oxygen atoms in total. The minimum absolute atomic E-state index is 0.125.